The van der Waals surface area contributed by atoms with Crippen LogP contribution in [0.4, 0.5) is 10.1 Å². The van der Waals surface area contributed by atoms with Crippen molar-refractivity contribution < 1.29 is 4.39 Å². The van der Waals surface area contributed by atoms with Gasteiger partial charge in [-0.2, -0.15) is 5.26 Å². The van der Waals surface area contributed by atoms with E-state index in [2.05, 4.69) is 18.3 Å². The molecule has 0 aromatic heterocycles. The molecule has 0 aliphatic rings. The summed E-state index contributed by atoms with van der Waals surface area (Å²) in [6.07, 6.45) is 9.59. The SMILES string of the molecule is CCCCCCCCCC(C#N)Nc1ccc(F)cc1. The number of nitrogens with one attached hydrogen (secondary N) is 1. The molecule has 1 N–H and O–H groups in total. The van der Waals surface area contributed by atoms with Gasteiger partial charge in [-0.15, -0.1) is 0 Å². The minimum atomic E-state index is -0.254. The summed E-state index contributed by atoms with van der Waals surface area (Å²) in [5.74, 6) is -0.254. The predicted molar refractivity (Wildman–Crippen MR) is 82.0 cm³/mol. The van der Waals surface area contributed by atoms with Gasteiger partial charge >= 0.3 is 0 Å². The van der Waals surface area contributed by atoms with Gasteiger partial charge in [0.1, 0.15) is 11.9 Å². The Kier molecular flexibility index (Phi) is 8.46. The monoisotopic (exact) mass is 276 g/mol. The Morgan fingerprint density at radius 2 is 1.65 bits per heavy atom. The van der Waals surface area contributed by atoms with Gasteiger partial charge in [-0.05, 0) is 30.7 Å². The maximum Gasteiger partial charge on any atom is 0.123 e. The van der Waals surface area contributed by atoms with E-state index >= 15 is 0 Å². The molecule has 0 aliphatic heterocycles. The number of anilines is 1. The quantitative estimate of drug-likeness (QED) is 0.591. The van der Waals surface area contributed by atoms with Crippen LogP contribution in [0.15, 0.2) is 24.3 Å². The molecule has 0 radical (unpaired) electrons. The third-order valence-corrected chi connectivity index (χ3v) is 3.44. The van der Waals surface area contributed by atoms with Crippen LogP contribution in [0.3, 0.4) is 0 Å². The summed E-state index contributed by atoms with van der Waals surface area (Å²) < 4.78 is 12.8. The molecule has 0 saturated heterocycles. The van der Waals surface area contributed by atoms with Gasteiger partial charge in [0, 0.05) is 5.69 Å². The molecule has 0 heterocycles. The zero-order valence-electron chi connectivity index (χ0n) is 12.4. The molecular formula is C17H25FN2. The molecule has 0 spiro atoms. The smallest absolute Gasteiger partial charge is 0.123 e. The van der Waals surface area contributed by atoms with Crippen molar-refractivity contribution in [1.29, 1.82) is 5.26 Å². The van der Waals surface area contributed by atoms with Gasteiger partial charge < -0.3 is 5.32 Å². The van der Waals surface area contributed by atoms with Crippen LogP contribution in [-0.4, -0.2) is 6.04 Å². The molecule has 3 heteroatoms. The summed E-state index contributed by atoms with van der Waals surface area (Å²) in [5.41, 5.74) is 0.806. The first-order chi connectivity index (χ1) is 9.76. The van der Waals surface area contributed by atoms with E-state index < -0.39 is 0 Å². The van der Waals surface area contributed by atoms with Crippen LogP contribution in [0, 0.1) is 17.1 Å². The number of rotatable bonds is 10. The van der Waals surface area contributed by atoms with E-state index in [0.717, 1.165) is 18.5 Å². The van der Waals surface area contributed by atoms with Gasteiger partial charge in [0.25, 0.3) is 0 Å². The molecule has 0 saturated carbocycles. The lowest BCUT2D eigenvalue weighted by molar-refractivity contribution is 0.569. The molecule has 1 aromatic carbocycles. The highest BCUT2D eigenvalue weighted by atomic mass is 19.1. The van der Waals surface area contributed by atoms with Gasteiger partial charge in [-0.25, -0.2) is 4.39 Å². The third-order valence-electron chi connectivity index (χ3n) is 3.44. The second-order valence-electron chi connectivity index (χ2n) is 5.24. The average Bonchev–Trinajstić information content (AvgIpc) is 2.47. The van der Waals surface area contributed by atoms with Crippen molar-refractivity contribution in [3.05, 3.63) is 30.1 Å². The molecule has 0 fully saturated rings. The largest absolute Gasteiger partial charge is 0.370 e. The van der Waals surface area contributed by atoms with E-state index in [4.69, 9.17) is 5.26 Å². The summed E-state index contributed by atoms with van der Waals surface area (Å²) in [5, 5.41) is 12.3. The molecule has 20 heavy (non-hydrogen) atoms. The lowest BCUT2D eigenvalue weighted by Gasteiger charge is -2.12. The zero-order valence-corrected chi connectivity index (χ0v) is 12.4. The molecule has 1 rings (SSSR count). The van der Waals surface area contributed by atoms with Crippen molar-refractivity contribution in [3.8, 4) is 6.07 Å². The zero-order chi connectivity index (χ0) is 14.6. The lowest BCUT2D eigenvalue weighted by atomic mass is 10.1. The third kappa shape index (κ3) is 7.13. The Hall–Kier alpha value is -1.56. The first kappa shape index (κ1) is 16.5. The first-order valence-corrected chi connectivity index (χ1v) is 7.68. The Balaban J connectivity index is 2.17. The van der Waals surface area contributed by atoms with Gasteiger partial charge in [0.15, 0.2) is 0 Å². The van der Waals surface area contributed by atoms with Gasteiger partial charge in [-0.1, -0.05) is 51.9 Å². The van der Waals surface area contributed by atoms with E-state index in [0.29, 0.717) is 0 Å². The summed E-state index contributed by atoms with van der Waals surface area (Å²) >= 11 is 0. The van der Waals surface area contributed by atoms with E-state index in [1.807, 2.05) is 0 Å². The fourth-order valence-electron chi connectivity index (χ4n) is 2.22. The van der Waals surface area contributed by atoms with Crippen molar-refractivity contribution >= 4 is 5.69 Å². The Labute approximate surface area is 122 Å². The molecule has 1 unspecified atom stereocenters. The number of benzene rings is 1. The highest BCUT2D eigenvalue weighted by Gasteiger charge is 2.06. The summed E-state index contributed by atoms with van der Waals surface area (Å²) in [6.45, 7) is 2.22. The Bertz CT molecular complexity index is 394. The summed E-state index contributed by atoms with van der Waals surface area (Å²) in [7, 11) is 0. The van der Waals surface area contributed by atoms with E-state index in [-0.39, 0.29) is 11.9 Å². The standard InChI is InChI=1S/C17H25FN2/c1-2-3-4-5-6-7-8-9-17(14-19)20-16-12-10-15(18)11-13-16/h10-13,17,20H,2-9H2,1H3. The predicted octanol–water partition coefficient (Wildman–Crippen LogP) is 5.27. The number of nitrogens with zero attached hydrogens (tertiary/aromatic N) is 1. The molecule has 0 bridgehead atoms. The van der Waals surface area contributed by atoms with E-state index in [9.17, 15) is 4.39 Å². The van der Waals surface area contributed by atoms with Crippen molar-refractivity contribution in [2.75, 3.05) is 5.32 Å². The van der Waals surface area contributed by atoms with Crippen LogP contribution in [0.1, 0.15) is 58.3 Å². The van der Waals surface area contributed by atoms with Crippen LogP contribution in [0.5, 0.6) is 0 Å². The Morgan fingerprint density at radius 1 is 1.05 bits per heavy atom. The van der Waals surface area contributed by atoms with E-state index in [1.54, 1.807) is 12.1 Å². The highest BCUT2D eigenvalue weighted by molar-refractivity contribution is 5.44. The second kappa shape index (κ2) is 10.3. The summed E-state index contributed by atoms with van der Waals surface area (Å²) in [4.78, 5) is 0. The molecular weight excluding hydrogens is 251 g/mol. The van der Waals surface area contributed by atoms with Crippen molar-refractivity contribution in [2.24, 2.45) is 0 Å². The van der Waals surface area contributed by atoms with Crippen LogP contribution in [-0.2, 0) is 0 Å². The minimum absolute atomic E-state index is 0.184. The number of nitriles is 1. The molecule has 110 valence electrons. The molecule has 0 amide bonds. The minimum Gasteiger partial charge on any atom is -0.370 e. The van der Waals surface area contributed by atoms with Crippen LogP contribution < -0.4 is 5.32 Å². The fraction of sp³-hybridized carbons (Fsp3) is 0.588. The number of hydrogen-bond donors (Lipinski definition) is 1. The molecule has 0 aliphatic carbocycles. The van der Waals surface area contributed by atoms with Crippen molar-refractivity contribution in [2.45, 2.75) is 64.3 Å². The molecule has 2 nitrogen and oxygen atoms in total. The van der Waals surface area contributed by atoms with Crippen LogP contribution in [0.2, 0.25) is 0 Å². The average molecular weight is 276 g/mol. The molecule has 1 atom stereocenters. The van der Waals surface area contributed by atoms with Crippen molar-refractivity contribution in [3.63, 3.8) is 0 Å². The van der Waals surface area contributed by atoms with Gasteiger partial charge in [-0.3, -0.25) is 0 Å². The van der Waals surface area contributed by atoms with Crippen molar-refractivity contribution in [1.82, 2.24) is 0 Å². The first-order valence-electron chi connectivity index (χ1n) is 7.68. The van der Waals surface area contributed by atoms with Crippen LogP contribution >= 0.6 is 0 Å². The number of hydrogen-bond acceptors (Lipinski definition) is 2. The van der Waals surface area contributed by atoms with Gasteiger partial charge in [0.05, 0.1) is 6.07 Å². The summed E-state index contributed by atoms with van der Waals surface area (Å²) in [6, 6.07) is 8.24. The maximum absolute atomic E-state index is 12.8. The molecule has 1 aromatic rings. The fourth-order valence-corrected chi connectivity index (χ4v) is 2.22. The van der Waals surface area contributed by atoms with Gasteiger partial charge in [0.2, 0.25) is 0 Å². The normalized spacial score (nSPS) is 11.8. The topological polar surface area (TPSA) is 35.8 Å². The van der Waals surface area contributed by atoms with Crippen LogP contribution in [0.25, 0.3) is 0 Å². The number of halogens is 1. The number of unbranched alkanes of at least 4 members (excludes halogenated alkanes) is 6. The Morgan fingerprint density at radius 3 is 2.25 bits per heavy atom. The highest BCUT2D eigenvalue weighted by Crippen LogP contribution is 2.14. The maximum atomic E-state index is 12.8. The van der Waals surface area contributed by atoms with E-state index in [1.165, 1.54) is 50.7 Å². The second-order valence-corrected chi connectivity index (χ2v) is 5.24. The lowest BCUT2D eigenvalue weighted by Crippen LogP contribution is -2.16.